The second-order valence-corrected chi connectivity index (χ2v) is 8.28. The molecule has 0 unspecified atom stereocenters. The van der Waals surface area contributed by atoms with Gasteiger partial charge in [-0.25, -0.2) is 4.98 Å². The van der Waals surface area contributed by atoms with Crippen molar-refractivity contribution in [1.82, 2.24) is 9.38 Å². The van der Waals surface area contributed by atoms with Gasteiger partial charge in [0.15, 0.2) is 4.96 Å². The van der Waals surface area contributed by atoms with E-state index in [4.69, 9.17) is 11.6 Å². The molecule has 6 heteroatoms. The van der Waals surface area contributed by atoms with E-state index in [1.54, 1.807) is 0 Å². The van der Waals surface area contributed by atoms with Crippen LogP contribution in [0.3, 0.4) is 0 Å². The van der Waals surface area contributed by atoms with Gasteiger partial charge in [-0.1, -0.05) is 41.4 Å². The number of nitrogens with zero attached hydrogens (tertiary/aromatic N) is 2. The number of carbonyl (C=O) groups excluding carboxylic acids is 1. The Morgan fingerprint density at radius 2 is 1.82 bits per heavy atom. The molecule has 0 aliphatic heterocycles. The summed E-state index contributed by atoms with van der Waals surface area (Å²) in [5.74, 6) is -0.0310. The van der Waals surface area contributed by atoms with E-state index < -0.39 is 0 Å². The molecular formula is C22H20ClN3OS. The van der Waals surface area contributed by atoms with E-state index in [0.717, 1.165) is 38.7 Å². The van der Waals surface area contributed by atoms with Crippen LogP contribution < -0.4 is 5.32 Å². The highest BCUT2D eigenvalue weighted by Gasteiger charge is 2.14. The highest BCUT2D eigenvalue weighted by Crippen LogP contribution is 2.26. The molecule has 0 radical (unpaired) electrons. The predicted molar refractivity (Wildman–Crippen MR) is 117 cm³/mol. The lowest BCUT2D eigenvalue weighted by Gasteiger charge is -2.12. The summed E-state index contributed by atoms with van der Waals surface area (Å²) < 4.78 is 1.99. The first-order valence-electron chi connectivity index (χ1n) is 9.00. The van der Waals surface area contributed by atoms with Crippen LogP contribution in [0.25, 0.3) is 16.2 Å². The maximum absolute atomic E-state index is 12.7. The molecule has 0 aliphatic carbocycles. The lowest BCUT2D eigenvalue weighted by atomic mass is 10.0. The fourth-order valence-corrected chi connectivity index (χ4v) is 4.44. The van der Waals surface area contributed by atoms with Gasteiger partial charge in [0.1, 0.15) is 0 Å². The summed E-state index contributed by atoms with van der Waals surface area (Å²) >= 11 is 7.50. The first-order chi connectivity index (χ1) is 13.4. The molecule has 2 heterocycles. The SMILES string of the molecule is Cc1cc(C)c(NC(=O)Cc2csc3nc(-c4ccc(Cl)cc4)cn23)c(C)c1. The van der Waals surface area contributed by atoms with Gasteiger partial charge in [-0.2, -0.15) is 0 Å². The van der Waals surface area contributed by atoms with E-state index in [-0.39, 0.29) is 5.91 Å². The molecule has 0 saturated carbocycles. The van der Waals surface area contributed by atoms with Crippen molar-refractivity contribution in [2.24, 2.45) is 0 Å². The highest BCUT2D eigenvalue weighted by atomic mass is 35.5. The quantitative estimate of drug-likeness (QED) is 0.461. The zero-order chi connectivity index (χ0) is 19.8. The first kappa shape index (κ1) is 18.7. The second kappa shape index (κ2) is 7.41. The number of carbonyl (C=O) groups is 1. The molecule has 28 heavy (non-hydrogen) atoms. The standard InChI is InChI=1S/C22H20ClN3OS/c1-13-8-14(2)21(15(3)9-13)25-20(27)10-18-12-28-22-24-19(11-26(18)22)16-4-6-17(23)7-5-16/h4-9,11-12H,10H2,1-3H3,(H,25,27). The van der Waals surface area contributed by atoms with Gasteiger partial charge in [0, 0.05) is 33.5 Å². The van der Waals surface area contributed by atoms with Gasteiger partial charge in [-0.15, -0.1) is 11.3 Å². The maximum Gasteiger partial charge on any atom is 0.230 e. The van der Waals surface area contributed by atoms with Gasteiger partial charge in [0.25, 0.3) is 0 Å². The number of anilines is 1. The summed E-state index contributed by atoms with van der Waals surface area (Å²) in [4.78, 5) is 18.2. The molecule has 4 aromatic rings. The van der Waals surface area contributed by atoms with Crippen LogP contribution in [0.15, 0.2) is 48.0 Å². The van der Waals surface area contributed by atoms with E-state index in [0.29, 0.717) is 11.4 Å². The number of benzene rings is 2. The minimum absolute atomic E-state index is 0.0310. The number of amides is 1. The van der Waals surface area contributed by atoms with Crippen molar-refractivity contribution in [3.05, 3.63) is 75.4 Å². The molecule has 4 nitrogen and oxygen atoms in total. The van der Waals surface area contributed by atoms with Crippen molar-refractivity contribution in [2.75, 3.05) is 5.32 Å². The van der Waals surface area contributed by atoms with Crippen LogP contribution >= 0.6 is 22.9 Å². The first-order valence-corrected chi connectivity index (χ1v) is 10.3. The molecule has 0 spiro atoms. The Morgan fingerprint density at radius 3 is 2.50 bits per heavy atom. The third-order valence-electron chi connectivity index (χ3n) is 4.71. The Labute approximate surface area is 172 Å². The minimum Gasteiger partial charge on any atom is -0.325 e. The van der Waals surface area contributed by atoms with Gasteiger partial charge in [0.05, 0.1) is 12.1 Å². The summed E-state index contributed by atoms with van der Waals surface area (Å²) in [5, 5.41) is 5.76. The number of imidazole rings is 1. The second-order valence-electron chi connectivity index (χ2n) is 7.01. The Morgan fingerprint density at radius 1 is 1.14 bits per heavy atom. The summed E-state index contributed by atoms with van der Waals surface area (Å²) in [6.07, 6.45) is 2.27. The topological polar surface area (TPSA) is 46.4 Å². The van der Waals surface area contributed by atoms with Crippen molar-refractivity contribution in [3.8, 4) is 11.3 Å². The molecule has 0 aliphatic rings. The number of hydrogen-bond donors (Lipinski definition) is 1. The smallest absolute Gasteiger partial charge is 0.230 e. The maximum atomic E-state index is 12.7. The predicted octanol–water partition coefficient (Wildman–Crippen LogP) is 5.82. The van der Waals surface area contributed by atoms with Crippen LogP contribution in [0.5, 0.6) is 0 Å². The van der Waals surface area contributed by atoms with Crippen LogP contribution in [0.2, 0.25) is 5.02 Å². The molecule has 2 aromatic carbocycles. The Bertz CT molecular complexity index is 1150. The van der Waals surface area contributed by atoms with Crippen LogP contribution in [-0.2, 0) is 11.2 Å². The minimum atomic E-state index is -0.0310. The third-order valence-corrected chi connectivity index (χ3v) is 5.85. The Balaban J connectivity index is 1.56. The molecule has 1 N–H and O–H groups in total. The fraction of sp³-hybridized carbons (Fsp3) is 0.182. The van der Waals surface area contributed by atoms with Crippen molar-refractivity contribution in [3.63, 3.8) is 0 Å². The summed E-state index contributed by atoms with van der Waals surface area (Å²) in [7, 11) is 0. The number of hydrogen-bond acceptors (Lipinski definition) is 3. The number of fused-ring (bicyclic) bond motifs is 1. The largest absolute Gasteiger partial charge is 0.325 e. The molecule has 2 aromatic heterocycles. The average molecular weight is 410 g/mol. The zero-order valence-corrected chi connectivity index (χ0v) is 17.5. The molecular weight excluding hydrogens is 390 g/mol. The fourth-order valence-electron chi connectivity index (χ4n) is 3.44. The number of aryl methyl sites for hydroxylation is 3. The highest BCUT2D eigenvalue weighted by molar-refractivity contribution is 7.15. The van der Waals surface area contributed by atoms with Crippen molar-refractivity contribution < 1.29 is 4.79 Å². The molecule has 0 atom stereocenters. The summed E-state index contributed by atoms with van der Waals surface area (Å²) in [6.45, 7) is 6.10. The Hall–Kier alpha value is -2.63. The van der Waals surface area contributed by atoms with E-state index in [9.17, 15) is 4.79 Å². The van der Waals surface area contributed by atoms with Gasteiger partial charge in [0.2, 0.25) is 5.91 Å². The number of thiazole rings is 1. The van der Waals surface area contributed by atoms with Crippen molar-refractivity contribution in [2.45, 2.75) is 27.2 Å². The third kappa shape index (κ3) is 3.68. The normalized spacial score (nSPS) is 11.1. The lowest BCUT2D eigenvalue weighted by molar-refractivity contribution is -0.115. The lowest BCUT2D eigenvalue weighted by Crippen LogP contribution is -2.17. The number of rotatable bonds is 4. The summed E-state index contributed by atoms with van der Waals surface area (Å²) in [6, 6.07) is 11.8. The van der Waals surface area contributed by atoms with Gasteiger partial charge < -0.3 is 5.32 Å². The van der Waals surface area contributed by atoms with Crippen molar-refractivity contribution in [1.29, 1.82) is 0 Å². The van der Waals surface area contributed by atoms with Gasteiger partial charge in [-0.05, 0) is 44.0 Å². The van der Waals surface area contributed by atoms with Crippen LogP contribution in [0.4, 0.5) is 5.69 Å². The summed E-state index contributed by atoms with van der Waals surface area (Å²) in [5.41, 5.74) is 7.04. The number of aromatic nitrogens is 2. The van der Waals surface area contributed by atoms with Gasteiger partial charge in [-0.3, -0.25) is 9.20 Å². The Kier molecular flexibility index (Phi) is 4.96. The number of halogens is 1. The molecule has 0 saturated heterocycles. The van der Waals surface area contributed by atoms with Crippen LogP contribution in [0, 0.1) is 20.8 Å². The van der Waals surface area contributed by atoms with E-state index in [2.05, 4.69) is 29.4 Å². The number of nitrogens with one attached hydrogen (secondary N) is 1. The van der Waals surface area contributed by atoms with E-state index >= 15 is 0 Å². The molecule has 142 valence electrons. The average Bonchev–Trinajstić information content (AvgIpc) is 3.21. The zero-order valence-electron chi connectivity index (χ0n) is 15.9. The molecule has 4 rings (SSSR count). The van der Waals surface area contributed by atoms with E-state index in [1.165, 1.54) is 16.9 Å². The van der Waals surface area contributed by atoms with E-state index in [1.807, 2.05) is 54.1 Å². The van der Waals surface area contributed by atoms with Crippen LogP contribution in [-0.4, -0.2) is 15.3 Å². The molecule has 0 fully saturated rings. The van der Waals surface area contributed by atoms with Crippen molar-refractivity contribution >= 4 is 39.5 Å². The molecule has 1 amide bonds. The monoisotopic (exact) mass is 409 g/mol. The molecule has 0 bridgehead atoms. The van der Waals surface area contributed by atoms with Crippen LogP contribution in [0.1, 0.15) is 22.4 Å². The van der Waals surface area contributed by atoms with Gasteiger partial charge >= 0.3 is 0 Å².